The van der Waals surface area contributed by atoms with E-state index in [1.807, 2.05) is 0 Å². The molecule has 88 valence electrons. The first kappa shape index (κ1) is 11.4. The number of nitrogens with one attached hydrogen (secondary N) is 1. The molecule has 1 aromatic carbocycles. The van der Waals surface area contributed by atoms with Crippen LogP contribution in [0.15, 0.2) is 18.2 Å². The van der Waals surface area contributed by atoms with Crippen molar-refractivity contribution in [1.82, 2.24) is 5.32 Å². The summed E-state index contributed by atoms with van der Waals surface area (Å²) in [6.07, 6.45) is 1.99. The molecule has 0 aliphatic carbocycles. The number of hydrogen-bond donors (Lipinski definition) is 1. The van der Waals surface area contributed by atoms with E-state index in [0.29, 0.717) is 6.04 Å². The van der Waals surface area contributed by atoms with E-state index in [1.165, 1.54) is 6.07 Å². The molecular formula is C13H18FNO. The molecule has 0 radical (unpaired) electrons. The maximum Gasteiger partial charge on any atom is 0.123 e. The van der Waals surface area contributed by atoms with E-state index >= 15 is 0 Å². The van der Waals surface area contributed by atoms with Gasteiger partial charge in [0.15, 0.2) is 0 Å². The Bertz CT molecular complexity index is 365. The lowest BCUT2D eigenvalue weighted by Gasteiger charge is -2.12. The molecule has 0 fully saturated rings. The Morgan fingerprint density at radius 2 is 2.31 bits per heavy atom. The molecule has 0 saturated carbocycles. The van der Waals surface area contributed by atoms with E-state index in [-0.39, 0.29) is 11.9 Å². The molecule has 2 rings (SSSR count). The van der Waals surface area contributed by atoms with Crippen molar-refractivity contribution < 1.29 is 9.13 Å². The fraction of sp³-hybridized carbons (Fsp3) is 0.538. The van der Waals surface area contributed by atoms with Crippen molar-refractivity contribution >= 4 is 0 Å². The molecule has 1 N–H and O–H groups in total. The van der Waals surface area contributed by atoms with Crippen LogP contribution in [0.2, 0.25) is 0 Å². The molecule has 16 heavy (non-hydrogen) atoms. The van der Waals surface area contributed by atoms with Gasteiger partial charge in [-0.15, -0.1) is 0 Å². The van der Waals surface area contributed by atoms with Gasteiger partial charge in [-0.05, 0) is 31.2 Å². The molecule has 1 heterocycles. The van der Waals surface area contributed by atoms with E-state index < -0.39 is 0 Å². The highest BCUT2D eigenvalue weighted by molar-refractivity contribution is 5.37. The second kappa shape index (κ2) is 4.83. The largest absolute Gasteiger partial charge is 0.490 e. The lowest BCUT2D eigenvalue weighted by atomic mass is 10.1. The van der Waals surface area contributed by atoms with Crippen LogP contribution < -0.4 is 10.1 Å². The minimum atomic E-state index is -0.177. The van der Waals surface area contributed by atoms with E-state index in [4.69, 9.17) is 4.74 Å². The van der Waals surface area contributed by atoms with Gasteiger partial charge < -0.3 is 10.1 Å². The highest BCUT2D eigenvalue weighted by Crippen LogP contribution is 2.30. The molecule has 1 aromatic rings. The van der Waals surface area contributed by atoms with Crippen LogP contribution in [0.25, 0.3) is 0 Å². The maximum atomic E-state index is 13.0. The van der Waals surface area contributed by atoms with Gasteiger partial charge in [-0.1, -0.05) is 13.8 Å². The van der Waals surface area contributed by atoms with Crippen LogP contribution in [0.4, 0.5) is 4.39 Å². The maximum absolute atomic E-state index is 13.0. The Balaban J connectivity index is 1.86. The zero-order valence-electron chi connectivity index (χ0n) is 9.79. The van der Waals surface area contributed by atoms with Crippen LogP contribution >= 0.6 is 0 Å². The van der Waals surface area contributed by atoms with Crippen LogP contribution in [0.5, 0.6) is 5.75 Å². The summed E-state index contributed by atoms with van der Waals surface area (Å²) in [4.78, 5) is 0. The summed E-state index contributed by atoms with van der Waals surface area (Å²) in [7, 11) is 0. The summed E-state index contributed by atoms with van der Waals surface area (Å²) in [5.41, 5.74) is 0.995. The monoisotopic (exact) mass is 223 g/mol. The molecule has 0 spiro atoms. The second-order valence-electron chi connectivity index (χ2n) is 4.59. The van der Waals surface area contributed by atoms with E-state index in [9.17, 15) is 4.39 Å². The summed E-state index contributed by atoms with van der Waals surface area (Å²) < 4.78 is 18.7. The van der Waals surface area contributed by atoms with Crippen LogP contribution in [-0.2, 0) is 6.42 Å². The molecule has 1 aliphatic heterocycles. The van der Waals surface area contributed by atoms with Crippen LogP contribution in [0.3, 0.4) is 0 Å². The number of fused-ring (bicyclic) bond motifs is 1. The molecule has 0 aromatic heterocycles. The average molecular weight is 223 g/mol. The molecule has 1 aliphatic rings. The summed E-state index contributed by atoms with van der Waals surface area (Å²) in [6, 6.07) is 5.25. The SMILES string of the molecule is CC(C)NCCC1Cc2cc(F)ccc2O1. The van der Waals surface area contributed by atoms with Gasteiger partial charge in [0.1, 0.15) is 17.7 Å². The fourth-order valence-electron chi connectivity index (χ4n) is 1.98. The minimum absolute atomic E-state index is 0.177. The third-order valence-electron chi connectivity index (χ3n) is 2.78. The van der Waals surface area contributed by atoms with Crippen LogP contribution in [0, 0.1) is 5.82 Å². The lowest BCUT2D eigenvalue weighted by molar-refractivity contribution is 0.219. The van der Waals surface area contributed by atoms with Gasteiger partial charge in [0.2, 0.25) is 0 Å². The normalized spacial score (nSPS) is 18.6. The fourth-order valence-corrected chi connectivity index (χ4v) is 1.98. The smallest absolute Gasteiger partial charge is 0.123 e. The van der Waals surface area contributed by atoms with Crippen molar-refractivity contribution in [2.45, 2.75) is 38.8 Å². The lowest BCUT2D eigenvalue weighted by Crippen LogP contribution is -2.28. The number of rotatable bonds is 4. The number of halogens is 1. The minimum Gasteiger partial charge on any atom is -0.490 e. The van der Waals surface area contributed by atoms with Crippen molar-refractivity contribution in [1.29, 1.82) is 0 Å². The first-order valence-corrected chi connectivity index (χ1v) is 5.83. The van der Waals surface area contributed by atoms with Gasteiger partial charge in [-0.25, -0.2) is 4.39 Å². The highest BCUT2D eigenvalue weighted by atomic mass is 19.1. The van der Waals surface area contributed by atoms with Gasteiger partial charge in [-0.3, -0.25) is 0 Å². The van der Waals surface area contributed by atoms with Crippen LogP contribution in [0.1, 0.15) is 25.8 Å². The molecule has 0 bridgehead atoms. The Morgan fingerprint density at radius 1 is 1.50 bits per heavy atom. The van der Waals surface area contributed by atoms with E-state index in [1.54, 1.807) is 12.1 Å². The Morgan fingerprint density at radius 3 is 3.06 bits per heavy atom. The average Bonchev–Trinajstić information content (AvgIpc) is 2.58. The Labute approximate surface area is 95.8 Å². The highest BCUT2D eigenvalue weighted by Gasteiger charge is 2.22. The number of benzene rings is 1. The number of hydrogen-bond acceptors (Lipinski definition) is 2. The number of ether oxygens (including phenoxy) is 1. The van der Waals surface area contributed by atoms with Gasteiger partial charge >= 0.3 is 0 Å². The Kier molecular flexibility index (Phi) is 3.44. The van der Waals surface area contributed by atoms with E-state index in [2.05, 4.69) is 19.2 Å². The molecule has 0 saturated heterocycles. The molecular weight excluding hydrogens is 205 g/mol. The quantitative estimate of drug-likeness (QED) is 0.847. The zero-order valence-corrected chi connectivity index (χ0v) is 9.79. The summed E-state index contributed by atoms with van der Waals surface area (Å²) in [5.74, 6) is 0.666. The third kappa shape index (κ3) is 2.73. The zero-order chi connectivity index (χ0) is 11.5. The van der Waals surface area contributed by atoms with Gasteiger partial charge in [0.25, 0.3) is 0 Å². The first-order chi connectivity index (χ1) is 7.65. The summed E-state index contributed by atoms with van der Waals surface area (Å²) >= 11 is 0. The molecule has 3 heteroatoms. The molecule has 2 nitrogen and oxygen atoms in total. The predicted molar refractivity (Wildman–Crippen MR) is 62.3 cm³/mol. The summed E-state index contributed by atoms with van der Waals surface area (Å²) in [5, 5.41) is 3.36. The molecule has 1 atom stereocenters. The van der Waals surface area contributed by atoms with Crippen molar-refractivity contribution in [3.8, 4) is 5.75 Å². The standard InChI is InChI=1S/C13H18FNO/c1-9(2)15-6-5-12-8-10-7-11(14)3-4-13(10)16-12/h3-4,7,9,12,15H,5-6,8H2,1-2H3. The van der Waals surface area contributed by atoms with E-state index in [0.717, 1.165) is 30.7 Å². The molecule has 1 unspecified atom stereocenters. The van der Waals surface area contributed by atoms with Crippen molar-refractivity contribution in [3.63, 3.8) is 0 Å². The first-order valence-electron chi connectivity index (χ1n) is 5.83. The predicted octanol–water partition coefficient (Wildman–Crippen LogP) is 2.52. The third-order valence-corrected chi connectivity index (χ3v) is 2.78. The Hall–Kier alpha value is -1.09. The van der Waals surface area contributed by atoms with Crippen molar-refractivity contribution in [2.24, 2.45) is 0 Å². The van der Waals surface area contributed by atoms with Crippen molar-refractivity contribution in [3.05, 3.63) is 29.6 Å². The van der Waals surface area contributed by atoms with Gasteiger partial charge in [0.05, 0.1) is 0 Å². The summed E-state index contributed by atoms with van der Waals surface area (Å²) in [6.45, 7) is 5.19. The van der Waals surface area contributed by atoms with Gasteiger partial charge in [-0.2, -0.15) is 0 Å². The van der Waals surface area contributed by atoms with Crippen molar-refractivity contribution in [2.75, 3.05) is 6.54 Å². The second-order valence-corrected chi connectivity index (χ2v) is 4.59. The van der Waals surface area contributed by atoms with Gasteiger partial charge in [0, 0.05) is 18.0 Å². The molecule has 0 amide bonds. The topological polar surface area (TPSA) is 21.3 Å². The van der Waals surface area contributed by atoms with Crippen LogP contribution in [-0.4, -0.2) is 18.7 Å².